The van der Waals surface area contributed by atoms with Gasteiger partial charge >= 0.3 is 0 Å². The van der Waals surface area contributed by atoms with Crippen molar-refractivity contribution in [3.05, 3.63) is 46.7 Å². The first-order valence-corrected chi connectivity index (χ1v) is 13.2. The smallest absolute Gasteiger partial charge is 0.253 e. The molecule has 1 saturated carbocycles. The molecular weight excluding hydrogens is 446 g/mol. The standard InChI is InChI=1S/C26H33N5O2S/c1-3-21-14-20(6-7-27-21)26-29-23(17-34-26)24-15-22(18(2)31(24)16-19-4-5-19)25(32)28-8-9-30-10-12-33-13-11-30/h6-7,14-15,17,19H,3-5,8-13,16H2,1-2H3,(H,28,32). The van der Waals surface area contributed by atoms with E-state index in [0.29, 0.717) is 12.5 Å². The third kappa shape index (κ3) is 5.24. The van der Waals surface area contributed by atoms with Gasteiger partial charge in [0, 0.05) is 61.3 Å². The molecule has 1 N–H and O–H groups in total. The van der Waals surface area contributed by atoms with Crippen molar-refractivity contribution in [1.29, 1.82) is 0 Å². The highest BCUT2D eigenvalue weighted by Gasteiger charge is 2.27. The number of ether oxygens (including phenoxy) is 1. The van der Waals surface area contributed by atoms with Crippen LogP contribution in [0.1, 0.15) is 41.5 Å². The molecule has 1 aliphatic heterocycles. The van der Waals surface area contributed by atoms with Crippen molar-refractivity contribution in [2.24, 2.45) is 5.92 Å². The number of pyridine rings is 1. The summed E-state index contributed by atoms with van der Waals surface area (Å²) in [5.41, 5.74) is 5.92. The van der Waals surface area contributed by atoms with Crippen LogP contribution in [-0.4, -0.2) is 64.7 Å². The highest BCUT2D eigenvalue weighted by molar-refractivity contribution is 7.13. The quantitative estimate of drug-likeness (QED) is 0.502. The Kier molecular flexibility index (Phi) is 7.08. The fourth-order valence-corrected chi connectivity index (χ4v) is 5.27. The number of amides is 1. The minimum Gasteiger partial charge on any atom is -0.379 e. The third-order valence-electron chi connectivity index (χ3n) is 6.76. The molecule has 1 aliphatic carbocycles. The first kappa shape index (κ1) is 23.2. The van der Waals surface area contributed by atoms with Crippen molar-refractivity contribution in [3.63, 3.8) is 0 Å². The summed E-state index contributed by atoms with van der Waals surface area (Å²) in [6.07, 6.45) is 5.28. The normalized spacial score (nSPS) is 16.6. The molecule has 0 spiro atoms. The molecule has 2 aliphatic rings. The second-order valence-electron chi connectivity index (χ2n) is 9.22. The predicted octanol–water partition coefficient (Wildman–Crippen LogP) is 4.02. The highest BCUT2D eigenvalue weighted by Crippen LogP contribution is 2.36. The molecule has 7 nitrogen and oxygen atoms in total. The molecule has 34 heavy (non-hydrogen) atoms. The molecule has 1 amide bonds. The van der Waals surface area contributed by atoms with Gasteiger partial charge in [-0.25, -0.2) is 4.98 Å². The Morgan fingerprint density at radius 3 is 2.85 bits per heavy atom. The Hall–Kier alpha value is -2.55. The van der Waals surface area contributed by atoms with Crippen LogP contribution in [0.4, 0.5) is 0 Å². The van der Waals surface area contributed by atoms with Crippen molar-refractivity contribution in [1.82, 2.24) is 24.8 Å². The number of carbonyl (C=O) groups excluding carboxylic acids is 1. The van der Waals surface area contributed by atoms with E-state index in [-0.39, 0.29) is 5.91 Å². The first-order valence-electron chi connectivity index (χ1n) is 12.3. The van der Waals surface area contributed by atoms with Gasteiger partial charge in [-0.3, -0.25) is 14.7 Å². The van der Waals surface area contributed by atoms with Crippen LogP contribution in [0, 0.1) is 12.8 Å². The van der Waals surface area contributed by atoms with Crippen LogP contribution >= 0.6 is 11.3 Å². The number of aromatic nitrogens is 3. The first-order chi connectivity index (χ1) is 16.6. The van der Waals surface area contributed by atoms with Gasteiger partial charge in [-0.2, -0.15) is 0 Å². The maximum atomic E-state index is 13.1. The van der Waals surface area contributed by atoms with Crippen molar-refractivity contribution < 1.29 is 9.53 Å². The second kappa shape index (κ2) is 10.4. The molecule has 1 saturated heterocycles. The van der Waals surface area contributed by atoms with Gasteiger partial charge in [0.25, 0.3) is 5.91 Å². The molecule has 0 aromatic carbocycles. The Balaban J connectivity index is 1.36. The topological polar surface area (TPSA) is 72.3 Å². The Labute approximate surface area is 205 Å². The summed E-state index contributed by atoms with van der Waals surface area (Å²) in [6.45, 7) is 10.0. The Morgan fingerprint density at radius 1 is 1.26 bits per heavy atom. The van der Waals surface area contributed by atoms with Gasteiger partial charge in [-0.1, -0.05) is 6.92 Å². The van der Waals surface area contributed by atoms with Gasteiger partial charge in [-0.05, 0) is 50.3 Å². The molecule has 3 aromatic rings. The zero-order valence-corrected chi connectivity index (χ0v) is 20.9. The van der Waals surface area contributed by atoms with Crippen LogP contribution < -0.4 is 5.32 Å². The monoisotopic (exact) mass is 479 g/mol. The molecule has 180 valence electrons. The summed E-state index contributed by atoms with van der Waals surface area (Å²) < 4.78 is 7.71. The zero-order chi connectivity index (χ0) is 23.5. The number of aryl methyl sites for hydroxylation is 1. The number of thiazole rings is 1. The molecule has 2 fully saturated rings. The van der Waals surface area contributed by atoms with Crippen LogP contribution in [0.2, 0.25) is 0 Å². The lowest BCUT2D eigenvalue weighted by atomic mass is 10.2. The zero-order valence-electron chi connectivity index (χ0n) is 20.0. The van der Waals surface area contributed by atoms with Crippen molar-refractivity contribution >= 4 is 17.2 Å². The number of nitrogens with one attached hydrogen (secondary N) is 1. The third-order valence-corrected chi connectivity index (χ3v) is 7.65. The van der Waals surface area contributed by atoms with Crippen LogP contribution in [-0.2, 0) is 17.7 Å². The fraction of sp³-hybridized carbons (Fsp3) is 0.500. The summed E-state index contributed by atoms with van der Waals surface area (Å²) in [7, 11) is 0. The van der Waals surface area contributed by atoms with Crippen molar-refractivity contribution in [2.75, 3.05) is 39.4 Å². The molecule has 0 bridgehead atoms. The van der Waals surface area contributed by atoms with Gasteiger partial charge in [0.05, 0.1) is 30.2 Å². The minimum atomic E-state index is -0.00118. The van der Waals surface area contributed by atoms with Gasteiger partial charge in [0.2, 0.25) is 0 Å². The molecule has 0 atom stereocenters. The molecule has 0 unspecified atom stereocenters. The average Bonchev–Trinajstić information content (AvgIpc) is 3.45. The molecule has 8 heteroatoms. The van der Waals surface area contributed by atoms with Crippen molar-refractivity contribution in [2.45, 2.75) is 39.7 Å². The Bertz CT molecular complexity index is 1140. The maximum Gasteiger partial charge on any atom is 0.253 e. The van der Waals surface area contributed by atoms with E-state index < -0.39 is 0 Å². The largest absolute Gasteiger partial charge is 0.379 e. The van der Waals surface area contributed by atoms with Gasteiger partial charge in [0.1, 0.15) is 5.01 Å². The van der Waals surface area contributed by atoms with E-state index in [1.54, 1.807) is 11.3 Å². The lowest BCUT2D eigenvalue weighted by Crippen LogP contribution is -2.41. The van der Waals surface area contributed by atoms with Crippen molar-refractivity contribution in [3.8, 4) is 22.0 Å². The van der Waals surface area contributed by atoms with Crippen LogP contribution in [0.15, 0.2) is 29.8 Å². The SMILES string of the molecule is CCc1cc(-c2nc(-c3cc(C(=O)NCCN4CCOCC4)c(C)n3CC3CC3)cs2)ccn1. The Morgan fingerprint density at radius 2 is 2.09 bits per heavy atom. The summed E-state index contributed by atoms with van der Waals surface area (Å²) >= 11 is 1.64. The summed E-state index contributed by atoms with van der Waals surface area (Å²) in [5, 5.41) is 6.23. The summed E-state index contributed by atoms with van der Waals surface area (Å²) in [6, 6.07) is 6.17. The van der Waals surface area contributed by atoms with E-state index in [4.69, 9.17) is 9.72 Å². The number of nitrogens with zero attached hydrogens (tertiary/aromatic N) is 4. The predicted molar refractivity (Wildman–Crippen MR) is 135 cm³/mol. The number of morpholine rings is 1. The highest BCUT2D eigenvalue weighted by atomic mass is 32.1. The van der Waals surface area contributed by atoms with Crippen LogP contribution in [0.25, 0.3) is 22.0 Å². The van der Waals surface area contributed by atoms with Crippen LogP contribution in [0.5, 0.6) is 0 Å². The number of hydrogen-bond acceptors (Lipinski definition) is 6. The van der Waals surface area contributed by atoms with E-state index >= 15 is 0 Å². The average molecular weight is 480 g/mol. The molecule has 4 heterocycles. The fourth-order valence-electron chi connectivity index (χ4n) is 4.46. The lowest BCUT2D eigenvalue weighted by Gasteiger charge is -2.26. The van der Waals surface area contributed by atoms with E-state index in [9.17, 15) is 4.79 Å². The summed E-state index contributed by atoms with van der Waals surface area (Å²) in [5.74, 6) is 0.700. The number of hydrogen-bond donors (Lipinski definition) is 1. The van der Waals surface area contributed by atoms with E-state index in [0.717, 1.165) is 84.7 Å². The number of carbonyl (C=O) groups is 1. The van der Waals surface area contributed by atoms with Gasteiger partial charge in [0.15, 0.2) is 0 Å². The molecule has 5 rings (SSSR count). The minimum absolute atomic E-state index is 0.00118. The molecular formula is C26H33N5O2S. The lowest BCUT2D eigenvalue weighted by molar-refractivity contribution is 0.0383. The number of rotatable bonds is 9. The summed E-state index contributed by atoms with van der Waals surface area (Å²) in [4.78, 5) is 24.8. The van der Waals surface area contributed by atoms with Gasteiger partial charge < -0.3 is 14.6 Å². The van der Waals surface area contributed by atoms with E-state index in [1.165, 1.54) is 12.8 Å². The van der Waals surface area contributed by atoms with Gasteiger partial charge in [-0.15, -0.1) is 11.3 Å². The molecule has 3 aromatic heterocycles. The van der Waals surface area contributed by atoms with E-state index in [2.05, 4.69) is 45.1 Å². The maximum absolute atomic E-state index is 13.1. The molecule has 0 radical (unpaired) electrons. The second-order valence-corrected chi connectivity index (χ2v) is 10.1. The van der Waals surface area contributed by atoms with Crippen LogP contribution in [0.3, 0.4) is 0 Å². The van der Waals surface area contributed by atoms with E-state index in [1.807, 2.05) is 18.3 Å².